The largest absolute Gasteiger partial charge is 0.493 e. The third kappa shape index (κ3) is 4.69. The molecule has 5 heteroatoms. The topological polar surface area (TPSA) is 59.3 Å². The molecule has 0 saturated heterocycles. The molecule has 0 aromatic heterocycles. The maximum absolute atomic E-state index is 14.0. The minimum absolute atomic E-state index is 0.176. The van der Waals surface area contributed by atoms with Crippen molar-refractivity contribution in [3.05, 3.63) is 94.8 Å². The Balaban J connectivity index is 1.90. The first-order valence-electron chi connectivity index (χ1n) is 8.85. The van der Waals surface area contributed by atoms with Gasteiger partial charge < -0.3 is 9.47 Å². The fraction of sp³-hybridized carbons (Fsp3) is 0.0833. The molecule has 0 N–H and O–H groups in total. The quantitative estimate of drug-likeness (QED) is 0.254. The molecule has 0 saturated carbocycles. The van der Waals surface area contributed by atoms with Crippen molar-refractivity contribution in [2.75, 3.05) is 7.11 Å². The average Bonchev–Trinajstić information content (AvgIpc) is 2.73. The summed E-state index contributed by atoms with van der Waals surface area (Å²) in [4.78, 5) is 12.4. The molecular formula is C24H18FNO3. The molecule has 0 aliphatic carbocycles. The lowest BCUT2D eigenvalue weighted by Gasteiger charge is -2.10. The SMILES string of the molecule is COc1cc(/C=C(/C#N)c2ccccc2F)ccc1OC(=O)c1cccc(C)c1. The maximum atomic E-state index is 14.0. The van der Waals surface area contributed by atoms with Crippen LogP contribution in [0.4, 0.5) is 4.39 Å². The zero-order valence-corrected chi connectivity index (χ0v) is 16.0. The fourth-order valence-electron chi connectivity index (χ4n) is 2.81. The summed E-state index contributed by atoms with van der Waals surface area (Å²) >= 11 is 0. The second kappa shape index (κ2) is 8.85. The van der Waals surface area contributed by atoms with Gasteiger partial charge in [-0.2, -0.15) is 5.26 Å². The van der Waals surface area contributed by atoms with Crippen LogP contribution in [-0.4, -0.2) is 13.1 Å². The van der Waals surface area contributed by atoms with Crippen molar-refractivity contribution in [3.63, 3.8) is 0 Å². The van der Waals surface area contributed by atoms with E-state index in [4.69, 9.17) is 9.47 Å². The van der Waals surface area contributed by atoms with Crippen molar-refractivity contribution in [1.29, 1.82) is 5.26 Å². The lowest BCUT2D eigenvalue weighted by atomic mass is 10.0. The summed E-state index contributed by atoms with van der Waals surface area (Å²) in [5.41, 5.74) is 2.38. The zero-order chi connectivity index (χ0) is 20.8. The van der Waals surface area contributed by atoms with Crippen LogP contribution in [0.25, 0.3) is 11.6 Å². The fourth-order valence-corrected chi connectivity index (χ4v) is 2.81. The molecule has 0 aliphatic heterocycles. The Hall–Kier alpha value is -3.91. The van der Waals surface area contributed by atoms with Gasteiger partial charge in [-0.3, -0.25) is 0 Å². The number of benzene rings is 3. The number of halogens is 1. The van der Waals surface area contributed by atoms with Crippen molar-refractivity contribution in [1.82, 2.24) is 0 Å². The molecule has 0 bridgehead atoms. The van der Waals surface area contributed by atoms with Gasteiger partial charge in [-0.15, -0.1) is 0 Å². The summed E-state index contributed by atoms with van der Waals surface area (Å²) in [6, 6.07) is 20.0. The molecule has 0 unspecified atom stereocenters. The van der Waals surface area contributed by atoms with Crippen LogP contribution in [0.3, 0.4) is 0 Å². The van der Waals surface area contributed by atoms with E-state index in [1.165, 1.54) is 13.2 Å². The molecule has 0 radical (unpaired) electrons. The van der Waals surface area contributed by atoms with Crippen LogP contribution in [-0.2, 0) is 0 Å². The number of hydrogen-bond donors (Lipinski definition) is 0. The number of carbonyl (C=O) groups is 1. The Kier molecular flexibility index (Phi) is 6.06. The van der Waals surface area contributed by atoms with Crippen LogP contribution < -0.4 is 9.47 Å². The van der Waals surface area contributed by atoms with Gasteiger partial charge in [-0.25, -0.2) is 9.18 Å². The summed E-state index contributed by atoms with van der Waals surface area (Å²) in [6.07, 6.45) is 1.55. The third-order valence-electron chi connectivity index (χ3n) is 4.24. The number of esters is 1. The maximum Gasteiger partial charge on any atom is 0.343 e. The highest BCUT2D eigenvalue weighted by Crippen LogP contribution is 2.31. The Morgan fingerprint density at radius 1 is 1.03 bits per heavy atom. The first-order chi connectivity index (χ1) is 14.0. The Morgan fingerprint density at radius 3 is 2.52 bits per heavy atom. The van der Waals surface area contributed by atoms with E-state index in [1.807, 2.05) is 19.1 Å². The van der Waals surface area contributed by atoms with E-state index in [0.717, 1.165) is 5.56 Å². The van der Waals surface area contributed by atoms with E-state index in [1.54, 1.807) is 60.7 Å². The second-order valence-corrected chi connectivity index (χ2v) is 6.32. The summed E-state index contributed by atoms with van der Waals surface area (Å²) in [5.74, 6) is -0.401. The number of nitrogens with zero attached hydrogens (tertiary/aromatic N) is 1. The van der Waals surface area contributed by atoms with Crippen molar-refractivity contribution in [3.8, 4) is 17.6 Å². The van der Waals surface area contributed by atoms with Gasteiger partial charge in [0.25, 0.3) is 0 Å². The number of rotatable bonds is 5. The minimum atomic E-state index is -0.501. The van der Waals surface area contributed by atoms with Crippen LogP contribution in [0.5, 0.6) is 11.5 Å². The van der Waals surface area contributed by atoms with Crippen LogP contribution in [0.2, 0.25) is 0 Å². The number of carbonyl (C=O) groups excluding carboxylic acids is 1. The molecule has 3 aromatic rings. The molecule has 0 spiro atoms. The summed E-state index contributed by atoms with van der Waals surface area (Å²) in [6.45, 7) is 1.89. The van der Waals surface area contributed by atoms with Gasteiger partial charge in [-0.05, 0) is 48.9 Å². The molecule has 3 rings (SSSR count). The highest BCUT2D eigenvalue weighted by Gasteiger charge is 2.14. The molecule has 29 heavy (non-hydrogen) atoms. The number of allylic oxidation sites excluding steroid dienone is 1. The normalized spacial score (nSPS) is 10.9. The number of nitriles is 1. The number of methoxy groups -OCH3 is 1. The van der Waals surface area contributed by atoms with Gasteiger partial charge in [0, 0.05) is 5.56 Å². The standard InChI is InChI=1S/C24H18FNO3/c1-16-6-5-7-18(12-16)24(27)29-22-11-10-17(14-23(22)28-2)13-19(15-26)20-8-3-4-9-21(20)25/h3-14H,1-2H3/b19-13-. The van der Waals surface area contributed by atoms with Crippen molar-refractivity contribution in [2.45, 2.75) is 6.92 Å². The first-order valence-corrected chi connectivity index (χ1v) is 8.85. The number of ether oxygens (including phenoxy) is 2. The van der Waals surface area contributed by atoms with E-state index in [-0.39, 0.29) is 16.9 Å². The molecule has 144 valence electrons. The molecule has 4 nitrogen and oxygen atoms in total. The van der Waals surface area contributed by atoms with E-state index < -0.39 is 11.8 Å². The lowest BCUT2D eigenvalue weighted by Crippen LogP contribution is -2.09. The number of aryl methyl sites for hydroxylation is 1. The van der Waals surface area contributed by atoms with E-state index in [9.17, 15) is 14.4 Å². The molecular weight excluding hydrogens is 369 g/mol. The molecule has 0 aliphatic rings. The highest BCUT2D eigenvalue weighted by atomic mass is 19.1. The monoisotopic (exact) mass is 387 g/mol. The van der Waals surface area contributed by atoms with Gasteiger partial charge in [0.15, 0.2) is 11.5 Å². The predicted octanol–water partition coefficient (Wildman–Crippen LogP) is 5.43. The van der Waals surface area contributed by atoms with Crippen LogP contribution >= 0.6 is 0 Å². The first kappa shape index (κ1) is 19.8. The molecule has 0 amide bonds. The second-order valence-electron chi connectivity index (χ2n) is 6.32. The zero-order valence-electron chi connectivity index (χ0n) is 16.0. The summed E-state index contributed by atoms with van der Waals surface area (Å²) in [5, 5.41) is 9.43. The number of hydrogen-bond acceptors (Lipinski definition) is 4. The minimum Gasteiger partial charge on any atom is -0.493 e. The molecule has 0 atom stereocenters. The molecule has 3 aromatic carbocycles. The Bertz CT molecular complexity index is 1130. The predicted molar refractivity (Wildman–Crippen MR) is 109 cm³/mol. The van der Waals surface area contributed by atoms with Crippen molar-refractivity contribution >= 4 is 17.6 Å². The van der Waals surface area contributed by atoms with Gasteiger partial charge in [0.1, 0.15) is 5.82 Å². The van der Waals surface area contributed by atoms with Gasteiger partial charge in [-0.1, -0.05) is 42.0 Å². The van der Waals surface area contributed by atoms with Crippen molar-refractivity contribution in [2.24, 2.45) is 0 Å². The van der Waals surface area contributed by atoms with E-state index in [0.29, 0.717) is 16.9 Å². The highest BCUT2D eigenvalue weighted by molar-refractivity contribution is 5.92. The van der Waals surface area contributed by atoms with Crippen molar-refractivity contribution < 1.29 is 18.7 Å². The Labute approximate surface area is 168 Å². The average molecular weight is 387 g/mol. The Morgan fingerprint density at radius 2 is 1.83 bits per heavy atom. The lowest BCUT2D eigenvalue weighted by molar-refractivity contribution is 0.0729. The van der Waals surface area contributed by atoms with Crippen LogP contribution in [0.15, 0.2) is 66.7 Å². The van der Waals surface area contributed by atoms with Gasteiger partial charge >= 0.3 is 5.97 Å². The summed E-state index contributed by atoms with van der Waals surface area (Å²) in [7, 11) is 1.45. The van der Waals surface area contributed by atoms with Gasteiger partial charge in [0.05, 0.1) is 24.3 Å². The molecule has 0 fully saturated rings. The van der Waals surface area contributed by atoms with E-state index >= 15 is 0 Å². The van der Waals surface area contributed by atoms with Crippen LogP contribution in [0, 0.1) is 24.1 Å². The molecule has 0 heterocycles. The van der Waals surface area contributed by atoms with E-state index in [2.05, 4.69) is 0 Å². The van der Waals surface area contributed by atoms with Crippen LogP contribution in [0.1, 0.15) is 27.0 Å². The third-order valence-corrected chi connectivity index (χ3v) is 4.24. The summed E-state index contributed by atoms with van der Waals surface area (Å²) < 4.78 is 24.8. The smallest absolute Gasteiger partial charge is 0.343 e. The van der Waals surface area contributed by atoms with Gasteiger partial charge in [0.2, 0.25) is 0 Å².